The molecule has 2 saturated heterocycles. The van der Waals surface area contributed by atoms with Gasteiger partial charge in [-0.2, -0.15) is 0 Å². The van der Waals surface area contributed by atoms with E-state index in [4.69, 9.17) is 4.74 Å². The van der Waals surface area contributed by atoms with Gasteiger partial charge in [-0.15, -0.1) is 0 Å². The van der Waals surface area contributed by atoms with Crippen molar-refractivity contribution in [3.8, 4) is 0 Å². The quantitative estimate of drug-likeness (QED) is 0.594. The smallest absolute Gasteiger partial charge is 0.116 e. The lowest BCUT2D eigenvalue weighted by Crippen LogP contribution is -2.41. The van der Waals surface area contributed by atoms with Crippen LogP contribution in [0.4, 0.5) is 0 Å². The number of hydrogen-bond acceptors (Lipinski definition) is 2. The average Bonchev–Trinajstić information content (AvgIpc) is 2.53. The van der Waals surface area contributed by atoms with Crippen LogP contribution in [0.5, 0.6) is 0 Å². The van der Waals surface area contributed by atoms with Crippen molar-refractivity contribution in [2.45, 2.75) is 45.4 Å². The Kier molecular flexibility index (Phi) is 1.92. The van der Waals surface area contributed by atoms with Gasteiger partial charge >= 0.3 is 0 Å². The summed E-state index contributed by atoms with van der Waals surface area (Å²) in [6.07, 6.45) is 2.68. The van der Waals surface area contributed by atoms with Crippen molar-refractivity contribution < 1.29 is 4.74 Å². The summed E-state index contributed by atoms with van der Waals surface area (Å²) in [5, 5.41) is 0. The second-order valence-corrected chi connectivity index (χ2v) is 4.48. The van der Waals surface area contributed by atoms with E-state index in [0.29, 0.717) is 6.04 Å². The third-order valence-electron chi connectivity index (χ3n) is 3.51. The molecule has 0 amide bonds. The summed E-state index contributed by atoms with van der Waals surface area (Å²) in [5.74, 6) is 0.881. The van der Waals surface area contributed by atoms with Crippen molar-refractivity contribution in [2.75, 3.05) is 13.2 Å². The van der Waals surface area contributed by atoms with Crippen LogP contribution in [-0.4, -0.2) is 29.8 Å². The highest BCUT2D eigenvalue weighted by Crippen LogP contribution is 2.38. The average molecular weight is 169 g/mol. The molecular weight excluding hydrogens is 150 g/mol. The molecule has 0 aromatic heterocycles. The first-order valence-corrected chi connectivity index (χ1v) is 5.06. The lowest BCUT2D eigenvalue weighted by atomic mass is 9.98. The third-order valence-corrected chi connectivity index (χ3v) is 3.51. The highest BCUT2D eigenvalue weighted by molar-refractivity contribution is 4.95. The maximum absolute atomic E-state index is 5.77. The molecule has 0 aromatic rings. The van der Waals surface area contributed by atoms with Crippen LogP contribution in [0.3, 0.4) is 0 Å². The van der Waals surface area contributed by atoms with E-state index in [0.717, 1.165) is 12.5 Å². The number of fused-ring (bicyclic) bond motifs is 1. The molecule has 12 heavy (non-hydrogen) atoms. The number of rotatable bonds is 1. The van der Waals surface area contributed by atoms with E-state index in [-0.39, 0.29) is 5.72 Å². The minimum Gasteiger partial charge on any atom is -0.359 e. The van der Waals surface area contributed by atoms with Crippen LogP contribution >= 0.6 is 0 Å². The summed E-state index contributed by atoms with van der Waals surface area (Å²) in [4.78, 5) is 2.53. The van der Waals surface area contributed by atoms with Gasteiger partial charge in [-0.1, -0.05) is 13.3 Å². The van der Waals surface area contributed by atoms with Gasteiger partial charge in [0.1, 0.15) is 5.72 Å². The molecule has 2 rings (SSSR count). The molecule has 2 heteroatoms. The van der Waals surface area contributed by atoms with E-state index in [1.165, 1.54) is 19.4 Å². The van der Waals surface area contributed by atoms with Crippen LogP contribution in [-0.2, 0) is 4.74 Å². The zero-order valence-corrected chi connectivity index (χ0v) is 8.34. The van der Waals surface area contributed by atoms with Crippen molar-refractivity contribution in [3.63, 3.8) is 0 Å². The monoisotopic (exact) mass is 169 g/mol. The molecule has 0 N–H and O–H groups in total. The molecule has 2 heterocycles. The molecule has 1 unspecified atom stereocenters. The van der Waals surface area contributed by atoms with Gasteiger partial charge in [0.15, 0.2) is 0 Å². The first-order chi connectivity index (χ1) is 5.65. The molecule has 2 atom stereocenters. The van der Waals surface area contributed by atoms with Crippen molar-refractivity contribution in [1.29, 1.82) is 0 Å². The molecule has 0 bridgehead atoms. The summed E-state index contributed by atoms with van der Waals surface area (Å²) in [5.41, 5.74) is 0.00852. The van der Waals surface area contributed by atoms with Crippen molar-refractivity contribution in [2.24, 2.45) is 5.92 Å². The predicted octanol–water partition coefficient (Wildman–Crippen LogP) is 1.85. The van der Waals surface area contributed by atoms with Crippen LogP contribution in [0.25, 0.3) is 0 Å². The first-order valence-electron chi connectivity index (χ1n) is 5.06. The molecule has 0 aromatic carbocycles. The van der Waals surface area contributed by atoms with E-state index < -0.39 is 0 Å². The van der Waals surface area contributed by atoms with Crippen LogP contribution in [0, 0.1) is 5.92 Å². The Morgan fingerprint density at radius 1 is 1.50 bits per heavy atom. The molecule has 2 nitrogen and oxygen atoms in total. The summed E-state index contributed by atoms with van der Waals surface area (Å²) in [6, 6.07) is 0.713. The fourth-order valence-electron chi connectivity index (χ4n) is 2.66. The minimum absolute atomic E-state index is 0.00852. The normalized spacial score (nSPS) is 40.2. The highest BCUT2D eigenvalue weighted by Gasteiger charge is 2.46. The largest absolute Gasteiger partial charge is 0.359 e. The van der Waals surface area contributed by atoms with Gasteiger partial charge in [0, 0.05) is 12.6 Å². The number of nitrogens with zero attached hydrogens (tertiary/aromatic N) is 1. The molecular formula is C10H19NO. The standard InChI is InChI=1S/C10H19NO/c1-4-8-5-6-11-9(8)7-12-10(11,2)3/h8-9H,4-7H2,1-3H3/t8-,9?/m1/s1. The van der Waals surface area contributed by atoms with Crippen molar-refractivity contribution in [3.05, 3.63) is 0 Å². The zero-order valence-electron chi connectivity index (χ0n) is 8.34. The van der Waals surface area contributed by atoms with Gasteiger partial charge in [0.25, 0.3) is 0 Å². The van der Waals surface area contributed by atoms with E-state index in [1.807, 2.05) is 0 Å². The Morgan fingerprint density at radius 3 is 2.92 bits per heavy atom. The van der Waals surface area contributed by atoms with Crippen molar-refractivity contribution >= 4 is 0 Å². The van der Waals surface area contributed by atoms with Gasteiger partial charge in [-0.25, -0.2) is 0 Å². The Balaban J connectivity index is 2.11. The maximum atomic E-state index is 5.77. The second kappa shape index (κ2) is 2.71. The molecule has 0 radical (unpaired) electrons. The molecule has 2 aliphatic heterocycles. The Hall–Kier alpha value is -0.0800. The van der Waals surface area contributed by atoms with Gasteiger partial charge in [0.05, 0.1) is 6.61 Å². The predicted molar refractivity (Wildman–Crippen MR) is 48.9 cm³/mol. The van der Waals surface area contributed by atoms with E-state index in [1.54, 1.807) is 0 Å². The first kappa shape index (κ1) is 8.52. The summed E-state index contributed by atoms with van der Waals surface area (Å²) in [6.45, 7) is 8.84. The van der Waals surface area contributed by atoms with Crippen LogP contribution in [0.2, 0.25) is 0 Å². The number of ether oxygens (including phenoxy) is 1. The topological polar surface area (TPSA) is 12.5 Å². The molecule has 2 aliphatic rings. The zero-order chi connectivity index (χ0) is 8.77. The SMILES string of the molecule is CC[C@@H]1CCN2C1COC2(C)C. The summed E-state index contributed by atoms with van der Waals surface area (Å²) >= 11 is 0. The Labute approximate surface area is 74.9 Å². The third kappa shape index (κ3) is 1.09. The highest BCUT2D eigenvalue weighted by atomic mass is 16.5. The second-order valence-electron chi connectivity index (χ2n) is 4.48. The Bertz CT molecular complexity index is 179. The fourth-order valence-corrected chi connectivity index (χ4v) is 2.66. The number of hydrogen-bond donors (Lipinski definition) is 0. The fraction of sp³-hybridized carbons (Fsp3) is 1.00. The molecule has 70 valence electrons. The van der Waals surface area contributed by atoms with Crippen molar-refractivity contribution in [1.82, 2.24) is 4.90 Å². The van der Waals surface area contributed by atoms with E-state index in [9.17, 15) is 0 Å². The summed E-state index contributed by atoms with van der Waals surface area (Å²) in [7, 11) is 0. The van der Waals surface area contributed by atoms with E-state index in [2.05, 4.69) is 25.7 Å². The minimum atomic E-state index is 0.00852. The van der Waals surface area contributed by atoms with E-state index >= 15 is 0 Å². The summed E-state index contributed by atoms with van der Waals surface area (Å²) < 4.78 is 5.77. The molecule has 0 saturated carbocycles. The van der Waals surface area contributed by atoms with Gasteiger partial charge < -0.3 is 4.74 Å². The van der Waals surface area contributed by atoms with Crippen LogP contribution in [0.15, 0.2) is 0 Å². The molecule has 0 aliphatic carbocycles. The molecule has 0 spiro atoms. The Morgan fingerprint density at radius 2 is 2.25 bits per heavy atom. The maximum Gasteiger partial charge on any atom is 0.116 e. The lowest BCUT2D eigenvalue weighted by Gasteiger charge is -2.29. The molecule has 2 fully saturated rings. The van der Waals surface area contributed by atoms with Gasteiger partial charge in [-0.3, -0.25) is 4.90 Å². The lowest BCUT2D eigenvalue weighted by molar-refractivity contribution is -0.0478. The van der Waals surface area contributed by atoms with Gasteiger partial charge in [0.2, 0.25) is 0 Å². The van der Waals surface area contributed by atoms with Gasteiger partial charge in [-0.05, 0) is 26.2 Å². The van der Waals surface area contributed by atoms with Crippen LogP contribution < -0.4 is 0 Å². The van der Waals surface area contributed by atoms with Crippen LogP contribution in [0.1, 0.15) is 33.6 Å².